The van der Waals surface area contributed by atoms with Crippen molar-refractivity contribution in [1.82, 2.24) is 4.90 Å². The van der Waals surface area contributed by atoms with Gasteiger partial charge in [0.15, 0.2) is 6.61 Å². The van der Waals surface area contributed by atoms with E-state index in [1.54, 1.807) is 23.1 Å². The van der Waals surface area contributed by atoms with Crippen molar-refractivity contribution in [2.75, 3.05) is 24.6 Å². The Kier molecular flexibility index (Phi) is 6.09. The van der Waals surface area contributed by atoms with Gasteiger partial charge < -0.3 is 14.5 Å². The molecule has 0 spiro atoms. The second kappa shape index (κ2) is 8.74. The number of piperidine rings is 1. The van der Waals surface area contributed by atoms with Crippen LogP contribution in [0, 0.1) is 5.92 Å². The molecule has 6 nitrogen and oxygen atoms in total. The molecule has 2 amide bonds. The van der Waals surface area contributed by atoms with Crippen LogP contribution in [0.3, 0.4) is 0 Å². The summed E-state index contributed by atoms with van der Waals surface area (Å²) in [5.41, 5.74) is 0.821. The number of fused-ring (bicyclic) bond motifs is 1. The summed E-state index contributed by atoms with van der Waals surface area (Å²) in [6, 6.07) is 5.04. The molecule has 0 N–H and O–H groups in total. The maximum absolute atomic E-state index is 12.7. The van der Waals surface area contributed by atoms with E-state index in [1.807, 2.05) is 4.90 Å². The number of nitrogens with zero attached hydrogens (tertiary/aromatic N) is 2. The van der Waals surface area contributed by atoms with E-state index in [0.717, 1.165) is 32.2 Å². The Morgan fingerprint density at radius 3 is 2.66 bits per heavy atom. The number of hydrogen-bond acceptors (Lipinski definition) is 4. The molecule has 0 unspecified atom stereocenters. The first-order chi connectivity index (χ1) is 14.0. The zero-order valence-corrected chi connectivity index (χ0v) is 17.3. The smallest absolute Gasteiger partial charge is 0.338 e. The lowest BCUT2D eigenvalue weighted by Crippen LogP contribution is -2.50. The van der Waals surface area contributed by atoms with Crippen LogP contribution in [0.25, 0.3) is 0 Å². The largest absolute Gasteiger partial charge is 0.452 e. The molecular weight excluding hydrogens is 392 g/mol. The van der Waals surface area contributed by atoms with Crippen molar-refractivity contribution >= 4 is 35.1 Å². The Morgan fingerprint density at radius 2 is 1.86 bits per heavy atom. The summed E-state index contributed by atoms with van der Waals surface area (Å²) in [6.45, 7) is 1.09. The van der Waals surface area contributed by atoms with E-state index in [-0.39, 0.29) is 18.4 Å². The molecule has 0 radical (unpaired) electrons. The van der Waals surface area contributed by atoms with Crippen molar-refractivity contribution < 1.29 is 19.1 Å². The predicted octanol–water partition coefficient (Wildman–Crippen LogP) is 3.80. The SMILES string of the molecule is O=C(OCC(=O)N1CCC[C@H]2CCCC[C@@H]21)c1ccc(Cl)c(N2CCCC2=O)c1. The topological polar surface area (TPSA) is 66.9 Å². The highest BCUT2D eigenvalue weighted by Crippen LogP contribution is 2.35. The third-order valence-electron chi connectivity index (χ3n) is 6.44. The number of likely N-dealkylation sites (tertiary alicyclic amines) is 1. The summed E-state index contributed by atoms with van der Waals surface area (Å²) >= 11 is 6.23. The molecule has 0 aromatic heterocycles. The Bertz CT molecular complexity index is 810. The second-order valence-electron chi connectivity index (χ2n) is 8.23. The quantitative estimate of drug-likeness (QED) is 0.697. The summed E-state index contributed by atoms with van der Waals surface area (Å²) in [5.74, 6) is -0.0901. The van der Waals surface area contributed by atoms with Crippen LogP contribution in [0.1, 0.15) is 61.7 Å². The van der Waals surface area contributed by atoms with Crippen LogP contribution in [0.15, 0.2) is 18.2 Å². The molecule has 3 aliphatic rings. The Balaban J connectivity index is 1.39. The number of hydrogen-bond donors (Lipinski definition) is 0. The van der Waals surface area contributed by atoms with Crippen molar-refractivity contribution in [3.05, 3.63) is 28.8 Å². The van der Waals surface area contributed by atoms with E-state index >= 15 is 0 Å². The fraction of sp³-hybridized carbons (Fsp3) is 0.591. The lowest BCUT2D eigenvalue weighted by molar-refractivity contribution is -0.140. The van der Waals surface area contributed by atoms with Crippen LogP contribution in [0.5, 0.6) is 0 Å². The number of benzene rings is 1. The van der Waals surface area contributed by atoms with Gasteiger partial charge in [-0.1, -0.05) is 24.4 Å². The van der Waals surface area contributed by atoms with Crippen LogP contribution in [-0.2, 0) is 14.3 Å². The van der Waals surface area contributed by atoms with E-state index in [2.05, 4.69) is 0 Å². The summed E-state index contributed by atoms with van der Waals surface area (Å²) < 4.78 is 5.33. The monoisotopic (exact) mass is 418 g/mol. The molecule has 2 saturated heterocycles. The number of amides is 2. The van der Waals surface area contributed by atoms with Gasteiger partial charge in [0.05, 0.1) is 16.3 Å². The first-order valence-electron chi connectivity index (χ1n) is 10.6. The minimum Gasteiger partial charge on any atom is -0.452 e. The second-order valence-corrected chi connectivity index (χ2v) is 8.64. The van der Waals surface area contributed by atoms with E-state index in [0.29, 0.717) is 41.2 Å². The number of carbonyl (C=O) groups is 3. The molecule has 2 aliphatic heterocycles. The number of anilines is 1. The number of ether oxygens (including phenoxy) is 1. The Labute approximate surface area is 176 Å². The van der Waals surface area contributed by atoms with Gasteiger partial charge in [-0.3, -0.25) is 9.59 Å². The van der Waals surface area contributed by atoms with Gasteiger partial charge in [0, 0.05) is 25.6 Å². The first-order valence-corrected chi connectivity index (χ1v) is 11.0. The van der Waals surface area contributed by atoms with Gasteiger partial charge in [-0.25, -0.2) is 4.79 Å². The molecule has 156 valence electrons. The van der Waals surface area contributed by atoms with Crippen LogP contribution in [0.2, 0.25) is 5.02 Å². The average molecular weight is 419 g/mol. The molecule has 1 aromatic rings. The zero-order chi connectivity index (χ0) is 20.4. The minimum absolute atomic E-state index is 0.000250. The molecule has 1 saturated carbocycles. The van der Waals surface area contributed by atoms with E-state index in [4.69, 9.17) is 16.3 Å². The van der Waals surface area contributed by atoms with Gasteiger partial charge in [0.1, 0.15) is 0 Å². The number of esters is 1. The third-order valence-corrected chi connectivity index (χ3v) is 6.76. The highest BCUT2D eigenvalue weighted by molar-refractivity contribution is 6.34. The third kappa shape index (κ3) is 4.27. The summed E-state index contributed by atoms with van der Waals surface area (Å²) in [6.07, 6.45) is 8.12. The van der Waals surface area contributed by atoms with E-state index in [1.165, 1.54) is 19.3 Å². The van der Waals surface area contributed by atoms with Crippen LogP contribution in [0.4, 0.5) is 5.69 Å². The van der Waals surface area contributed by atoms with Gasteiger partial charge in [-0.2, -0.15) is 0 Å². The molecule has 2 atom stereocenters. The maximum Gasteiger partial charge on any atom is 0.338 e. The highest BCUT2D eigenvalue weighted by atomic mass is 35.5. The molecule has 1 aliphatic carbocycles. The number of rotatable bonds is 4. The van der Waals surface area contributed by atoms with Crippen molar-refractivity contribution in [2.45, 2.75) is 57.4 Å². The average Bonchev–Trinajstić information content (AvgIpc) is 3.17. The first kappa shape index (κ1) is 20.2. The van der Waals surface area contributed by atoms with Crippen LogP contribution >= 0.6 is 11.6 Å². The van der Waals surface area contributed by atoms with Gasteiger partial charge in [0.2, 0.25) is 5.91 Å². The van der Waals surface area contributed by atoms with Gasteiger partial charge in [-0.15, -0.1) is 0 Å². The predicted molar refractivity (Wildman–Crippen MR) is 110 cm³/mol. The molecule has 3 fully saturated rings. The lowest BCUT2D eigenvalue weighted by atomic mass is 9.78. The standard InChI is InChI=1S/C22H27ClN2O4/c23-17-10-9-16(13-19(17)25-12-4-8-20(25)26)22(28)29-14-21(27)24-11-3-6-15-5-1-2-7-18(15)24/h9-10,13,15,18H,1-8,11-12,14H2/t15-,18+/m1/s1. The molecule has 29 heavy (non-hydrogen) atoms. The van der Waals surface area contributed by atoms with Crippen molar-refractivity contribution in [2.24, 2.45) is 5.92 Å². The Morgan fingerprint density at radius 1 is 1.07 bits per heavy atom. The van der Waals surface area contributed by atoms with E-state index < -0.39 is 5.97 Å². The molecule has 0 bridgehead atoms. The fourth-order valence-corrected chi connectivity index (χ4v) is 5.20. The Hall–Kier alpha value is -2.08. The maximum atomic E-state index is 12.7. The van der Waals surface area contributed by atoms with Gasteiger partial charge in [-0.05, 0) is 56.2 Å². The molecule has 4 rings (SSSR count). The molecule has 7 heteroatoms. The fourth-order valence-electron chi connectivity index (χ4n) is 4.98. The summed E-state index contributed by atoms with van der Waals surface area (Å²) in [7, 11) is 0. The van der Waals surface area contributed by atoms with Crippen LogP contribution < -0.4 is 4.90 Å². The van der Waals surface area contributed by atoms with E-state index in [9.17, 15) is 14.4 Å². The van der Waals surface area contributed by atoms with Crippen molar-refractivity contribution in [3.8, 4) is 0 Å². The molecule has 2 heterocycles. The summed E-state index contributed by atoms with van der Waals surface area (Å²) in [5, 5.41) is 0.421. The lowest BCUT2D eigenvalue weighted by Gasteiger charge is -2.44. The van der Waals surface area contributed by atoms with Gasteiger partial charge in [0.25, 0.3) is 5.91 Å². The minimum atomic E-state index is -0.569. The van der Waals surface area contributed by atoms with Crippen molar-refractivity contribution in [3.63, 3.8) is 0 Å². The van der Waals surface area contributed by atoms with Gasteiger partial charge >= 0.3 is 5.97 Å². The number of carbonyl (C=O) groups excluding carboxylic acids is 3. The normalized spacial score (nSPS) is 24.4. The highest BCUT2D eigenvalue weighted by Gasteiger charge is 2.36. The van der Waals surface area contributed by atoms with Crippen LogP contribution in [-0.4, -0.2) is 48.4 Å². The summed E-state index contributed by atoms with van der Waals surface area (Å²) in [4.78, 5) is 40.8. The molecular formula is C22H27ClN2O4. The number of halogens is 1. The molecule has 1 aromatic carbocycles. The zero-order valence-electron chi connectivity index (χ0n) is 16.6. The van der Waals surface area contributed by atoms with Crippen molar-refractivity contribution in [1.29, 1.82) is 0 Å².